The molecule has 1 saturated carbocycles. The fourth-order valence-corrected chi connectivity index (χ4v) is 6.04. The van der Waals surface area contributed by atoms with E-state index in [0.29, 0.717) is 34.8 Å². The minimum absolute atomic E-state index is 0.000183. The zero-order chi connectivity index (χ0) is 26.0. The summed E-state index contributed by atoms with van der Waals surface area (Å²) in [6, 6.07) is 11.8. The van der Waals surface area contributed by atoms with Crippen molar-refractivity contribution in [2.75, 3.05) is 7.11 Å². The van der Waals surface area contributed by atoms with Crippen LogP contribution in [0.15, 0.2) is 36.4 Å². The lowest BCUT2D eigenvalue weighted by atomic mass is 9.78. The highest BCUT2D eigenvalue weighted by atomic mass is 35.5. The Balaban J connectivity index is 1.70. The Kier molecular flexibility index (Phi) is 8.52. The van der Waals surface area contributed by atoms with Crippen molar-refractivity contribution in [2.24, 2.45) is 11.8 Å². The molecular formula is C30H40ClNO4. The van der Waals surface area contributed by atoms with E-state index in [1.54, 1.807) is 7.11 Å². The van der Waals surface area contributed by atoms with E-state index in [1.807, 2.05) is 44.2 Å². The standard InChI is InChI=1S/C30H40ClNO4/c1-18(2)14-26(33)20-8-12-24(13-9-20)32-29(34)16-22-15-27(35-5)28(36-19(3)4)17-25(22)30(32)21-6-10-23(31)11-7-21/h6-7,10-11,15,17-20,24,26,30,33H,8-9,12-14,16H2,1-5H3/t20-,24-,26?,30?. The van der Waals surface area contributed by atoms with Crippen LogP contribution in [0, 0.1) is 11.8 Å². The van der Waals surface area contributed by atoms with Crippen molar-refractivity contribution in [1.82, 2.24) is 4.90 Å². The van der Waals surface area contributed by atoms with Crippen molar-refractivity contribution in [1.29, 1.82) is 0 Å². The molecule has 2 atom stereocenters. The number of halogens is 1. The summed E-state index contributed by atoms with van der Waals surface area (Å²) >= 11 is 6.23. The van der Waals surface area contributed by atoms with Crippen LogP contribution >= 0.6 is 11.6 Å². The quantitative estimate of drug-likeness (QED) is 0.433. The Labute approximate surface area is 220 Å². The van der Waals surface area contributed by atoms with Crippen LogP contribution in [0.25, 0.3) is 0 Å². The van der Waals surface area contributed by atoms with Gasteiger partial charge in [0, 0.05) is 11.1 Å². The summed E-state index contributed by atoms with van der Waals surface area (Å²) in [5, 5.41) is 11.4. The van der Waals surface area contributed by atoms with Crippen LogP contribution < -0.4 is 9.47 Å². The first-order chi connectivity index (χ1) is 17.2. The second-order valence-electron chi connectivity index (χ2n) is 11.1. The van der Waals surface area contributed by atoms with Crippen LogP contribution in [0.4, 0.5) is 0 Å². The zero-order valence-corrected chi connectivity index (χ0v) is 22.9. The highest BCUT2D eigenvalue weighted by Crippen LogP contribution is 2.45. The molecule has 1 fully saturated rings. The van der Waals surface area contributed by atoms with Gasteiger partial charge in [-0.25, -0.2) is 0 Å². The normalized spacial score (nSPS) is 23.1. The van der Waals surface area contributed by atoms with Gasteiger partial charge in [-0.05, 0) is 98.7 Å². The number of nitrogens with zero attached hydrogens (tertiary/aromatic N) is 1. The number of benzene rings is 2. The Hall–Kier alpha value is -2.24. The first-order valence-corrected chi connectivity index (χ1v) is 13.7. The third-order valence-corrected chi connectivity index (χ3v) is 7.82. The van der Waals surface area contributed by atoms with E-state index in [-0.39, 0.29) is 30.2 Å². The molecule has 0 radical (unpaired) electrons. The summed E-state index contributed by atoms with van der Waals surface area (Å²) < 4.78 is 11.7. The van der Waals surface area contributed by atoms with Crippen molar-refractivity contribution in [3.63, 3.8) is 0 Å². The minimum Gasteiger partial charge on any atom is -0.493 e. The number of aliphatic hydroxyl groups excluding tert-OH is 1. The predicted molar refractivity (Wildman–Crippen MR) is 144 cm³/mol. The van der Waals surface area contributed by atoms with Gasteiger partial charge in [0.05, 0.1) is 31.8 Å². The van der Waals surface area contributed by atoms with Crippen molar-refractivity contribution in [2.45, 2.75) is 90.5 Å². The summed E-state index contributed by atoms with van der Waals surface area (Å²) in [6.07, 6.45) is 4.58. The Morgan fingerprint density at radius 1 is 1.03 bits per heavy atom. The van der Waals surface area contributed by atoms with E-state index in [9.17, 15) is 9.90 Å². The van der Waals surface area contributed by atoms with Crippen LogP contribution in [0.3, 0.4) is 0 Å². The lowest BCUT2D eigenvalue weighted by Crippen LogP contribution is -2.49. The predicted octanol–water partition coefficient (Wildman–Crippen LogP) is 6.58. The molecule has 2 unspecified atom stereocenters. The summed E-state index contributed by atoms with van der Waals surface area (Å²) in [6.45, 7) is 8.30. The molecule has 196 valence electrons. The van der Waals surface area contributed by atoms with Crippen molar-refractivity contribution in [3.8, 4) is 11.5 Å². The lowest BCUT2D eigenvalue weighted by Gasteiger charge is -2.45. The minimum atomic E-state index is -0.265. The maximum atomic E-state index is 13.7. The number of methoxy groups -OCH3 is 1. The van der Waals surface area contributed by atoms with Gasteiger partial charge in [-0.3, -0.25) is 4.79 Å². The van der Waals surface area contributed by atoms with E-state index < -0.39 is 0 Å². The van der Waals surface area contributed by atoms with Gasteiger partial charge in [-0.15, -0.1) is 0 Å². The Morgan fingerprint density at radius 3 is 2.28 bits per heavy atom. The number of aliphatic hydroxyl groups is 1. The van der Waals surface area contributed by atoms with Gasteiger partial charge in [0.15, 0.2) is 11.5 Å². The maximum Gasteiger partial charge on any atom is 0.228 e. The summed E-state index contributed by atoms with van der Waals surface area (Å²) in [4.78, 5) is 15.8. The molecule has 5 nitrogen and oxygen atoms in total. The first-order valence-electron chi connectivity index (χ1n) is 13.3. The molecule has 1 N–H and O–H groups in total. The number of ether oxygens (including phenoxy) is 2. The second-order valence-corrected chi connectivity index (χ2v) is 11.5. The lowest BCUT2D eigenvalue weighted by molar-refractivity contribution is -0.137. The number of fused-ring (bicyclic) bond motifs is 1. The molecule has 1 amide bonds. The van der Waals surface area contributed by atoms with E-state index in [1.165, 1.54) is 0 Å². The van der Waals surface area contributed by atoms with E-state index in [2.05, 4.69) is 24.8 Å². The molecule has 0 saturated heterocycles. The largest absolute Gasteiger partial charge is 0.493 e. The molecular weight excluding hydrogens is 474 g/mol. The van der Waals surface area contributed by atoms with Crippen molar-refractivity contribution < 1.29 is 19.4 Å². The van der Waals surface area contributed by atoms with Crippen LogP contribution in [-0.4, -0.2) is 41.3 Å². The van der Waals surface area contributed by atoms with Gasteiger partial charge >= 0.3 is 0 Å². The molecule has 6 heteroatoms. The average Bonchev–Trinajstić information content (AvgIpc) is 2.83. The van der Waals surface area contributed by atoms with E-state index in [0.717, 1.165) is 48.8 Å². The third kappa shape index (κ3) is 5.84. The van der Waals surface area contributed by atoms with Crippen LogP contribution in [-0.2, 0) is 11.2 Å². The molecule has 2 aromatic rings. The van der Waals surface area contributed by atoms with Gasteiger partial charge in [0.1, 0.15) is 0 Å². The average molecular weight is 514 g/mol. The molecule has 36 heavy (non-hydrogen) atoms. The molecule has 1 aliphatic carbocycles. The van der Waals surface area contributed by atoms with Gasteiger partial charge < -0.3 is 19.5 Å². The van der Waals surface area contributed by atoms with Gasteiger partial charge in [-0.2, -0.15) is 0 Å². The van der Waals surface area contributed by atoms with Crippen LogP contribution in [0.5, 0.6) is 11.5 Å². The monoisotopic (exact) mass is 513 g/mol. The number of rotatable bonds is 8. The topological polar surface area (TPSA) is 59.0 Å². The van der Waals surface area contributed by atoms with E-state index >= 15 is 0 Å². The molecule has 0 spiro atoms. The first kappa shape index (κ1) is 26.8. The Morgan fingerprint density at radius 2 is 1.69 bits per heavy atom. The SMILES string of the molecule is COc1cc2c(cc1OC(C)C)C(c1ccc(Cl)cc1)N([C@H]1CC[C@H](C(O)CC(C)C)CC1)C(=O)C2. The molecule has 1 heterocycles. The van der Waals surface area contributed by atoms with Gasteiger partial charge in [0.25, 0.3) is 0 Å². The molecule has 2 aromatic carbocycles. The van der Waals surface area contributed by atoms with Gasteiger partial charge in [-0.1, -0.05) is 37.6 Å². The zero-order valence-electron chi connectivity index (χ0n) is 22.2. The summed E-state index contributed by atoms with van der Waals surface area (Å²) in [5.74, 6) is 2.26. The Bertz CT molecular complexity index is 1040. The number of amides is 1. The smallest absolute Gasteiger partial charge is 0.228 e. The highest BCUT2D eigenvalue weighted by molar-refractivity contribution is 6.30. The van der Waals surface area contributed by atoms with Crippen LogP contribution in [0.2, 0.25) is 5.02 Å². The molecule has 0 aromatic heterocycles. The number of carbonyl (C=O) groups excluding carboxylic acids is 1. The van der Waals surface area contributed by atoms with Crippen molar-refractivity contribution in [3.05, 3.63) is 58.1 Å². The number of hydrogen-bond donors (Lipinski definition) is 1. The highest BCUT2D eigenvalue weighted by Gasteiger charge is 2.40. The molecule has 1 aliphatic heterocycles. The molecule has 4 rings (SSSR count). The number of hydrogen-bond acceptors (Lipinski definition) is 4. The van der Waals surface area contributed by atoms with Gasteiger partial charge in [0.2, 0.25) is 5.91 Å². The number of carbonyl (C=O) groups is 1. The molecule has 2 aliphatic rings. The maximum absolute atomic E-state index is 13.7. The molecule has 0 bridgehead atoms. The fraction of sp³-hybridized carbons (Fsp3) is 0.567. The summed E-state index contributed by atoms with van der Waals surface area (Å²) in [5.41, 5.74) is 3.09. The third-order valence-electron chi connectivity index (χ3n) is 7.57. The second kappa shape index (κ2) is 11.4. The van der Waals surface area contributed by atoms with Crippen LogP contribution in [0.1, 0.15) is 82.5 Å². The summed E-state index contributed by atoms with van der Waals surface area (Å²) in [7, 11) is 1.63. The fourth-order valence-electron chi connectivity index (χ4n) is 5.92. The van der Waals surface area contributed by atoms with Crippen molar-refractivity contribution >= 4 is 17.5 Å². The van der Waals surface area contributed by atoms with E-state index in [4.69, 9.17) is 21.1 Å².